The SMILES string of the molecule is CSc1ccc(CN(C)CC(=O)N(C)c2c(N)n(Cc3ccccc3)c(=O)[nH]c2=O)cc1. The molecule has 3 N–H and O–H groups in total. The number of benzene rings is 2. The average Bonchev–Trinajstić information content (AvgIpc) is 2.77. The molecule has 0 atom stereocenters. The fraction of sp³-hybridized carbons (Fsp3) is 0.261. The Hall–Kier alpha value is -3.30. The molecule has 168 valence electrons. The van der Waals surface area contributed by atoms with E-state index < -0.39 is 11.2 Å². The van der Waals surface area contributed by atoms with Crippen molar-refractivity contribution in [1.29, 1.82) is 0 Å². The fourth-order valence-electron chi connectivity index (χ4n) is 3.38. The number of nitrogen functional groups attached to an aromatic ring is 1. The minimum absolute atomic E-state index is 0.0387. The molecule has 8 nitrogen and oxygen atoms in total. The number of carbonyl (C=O) groups excluding carboxylic acids is 1. The predicted molar refractivity (Wildman–Crippen MR) is 129 cm³/mol. The van der Waals surface area contributed by atoms with Crippen molar-refractivity contribution in [3.05, 3.63) is 86.6 Å². The van der Waals surface area contributed by atoms with Crippen molar-refractivity contribution in [1.82, 2.24) is 14.5 Å². The number of H-pyrrole nitrogens is 1. The van der Waals surface area contributed by atoms with Gasteiger partial charge in [-0.3, -0.25) is 24.0 Å². The van der Waals surface area contributed by atoms with Gasteiger partial charge >= 0.3 is 5.69 Å². The molecule has 0 unspecified atom stereocenters. The molecule has 0 radical (unpaired) electrons. The van der Waals surface area contributed by atoms with Gasteiger partial charge in [0.2, 0.25) is 5.91 Å². The number of hydrogen-bond donors (Lipinski definition) is 2. The summed E-state index contributed by atoms with van der Waals surface area (Å²) in [7, 11) is 3.32. The van der Waals surface area contributed by atoms with Crippen LogP contribution in [0.2, 0.25) is 0 Å². The molecule has 0 saturated heterocycles. The van der Waals surface area contributed by atoms with Crippen LogP contribution in [-0.4, -0.2) is 47.3 Å². The third kappa shape index (κ3) is 5.49. The van der Waals surface area contributed by atoms with Gasteiger partial charge in [-0.05, 0) is 36.6 Å². The Kier molecular flexibility index (Phi) is 7.55. The highest BCUT2D eigenvalue weighted by atomic mass is 32.2. The summed E-state index contributed by atoms with van der Waals surface area (Å²) in [6, 6.07) is 17.4. The van der Waals surface area contributed by atoms with E-state index in [-0.39, 0.29) is 30.5 Å². The molecule has 3 rings (SSSR count). The number of nitrogens with two attached hydrogens (primary N) is 1. The first-order chi connectivity index (χ1) is 15.3. The Bertz CT molecular complexity index is 1190. The van der Waals surface area contributed by atoms with E-state index in [0.717, 1.165) is 11.1 Å². The summed E-state index contributed by atoms with van der Waals surface area (Å²) in [5.41, 5.74) is 6.76. The number of thioether (sulfide) groups is 1. The molecule has 9 heteroatoms. The fourth-order valence-corrected chi connectivity index (χ4v) is 3.79. The van der Waals surface area contributed by atoms with Crippen molar-refractivity contribution in [2.24, 2.45) is 0 Å². The quantitative estimate of drug-likeness (QED) is 0.506. The number of rotatable bonds is 8. The number of carbonyl (C=O) groups is 1. The molecule has 2 aromatic carbocycles. The lowest BCUT2D eigenvalue weighted by Crippen LogP contribution is -2.42. The second-order valence-corrected chi connectivity index (χ2v) is 8.42. The van der Waals surface area contributed by atoms with Crippen molar-refractivity contribution in [2.75, 3.05) is 37.5 Å². The van der Waals surface area contributed by atoms with E-state index in [2.05, 4.69) is 4.98 Å². The van der Waals surface area contributed by atoms with Gasteiger partial charge in [0, 0.05) is 18.5 Å². The standard InChI is InChI=1S/C23H27N5O3S/c1-26(13-17-9-11-18(32-3)12-10-17)15-19(29)27(2)20-21(24)28(23(31)25-22(20)30)14-16-7-5-4-6-8-16/h4-12H,13-15,24H2,1-3H3,(H,25,30,31). The van der Waals surface area contributed by atoms with Crippen molar-refractivity contribution >= 4 is 29.2 Å². The van der Waals surface area contributed by atoms with Gasteiger partial charge in [0.05, 0.1) is 13.1 Å². The Labute approximate surface area is 190 Å². The zero-order valence-electron chi connectivity index (χ0n) is 18.4. The summed E-state index contributed by atoms with van der Waals surface area (Å²) >= 11 is 1.67. The molecule has 0 fully saturated rings. The van der Waals surface area contributed by atoms with Crippen LogP contribution >= 0.6 is 11.8 Å². The lowest BCUT2D eigenvalue weighted by Gasteiger charge is -2.23. The monoisotopic (exact) mass is 453 g/mol. The van der Waals surface area contributed by atoms with Gasteiger partial charge in [-0.15, -0.1) is 11.8 Å². The van der Waals surface area contributed by atoms with Crippen LogP contribution in [0.3, 0.4) is 0 Å². The van der Waals surface area contributed by atoms with Gasteiger partial charge in [0.25, 0.3) is 5.56 Å². The van der Waals surface area contributed by atoms with Crippen LogP contribution in [0.4, 0.5) is 11.5 Å². The van der Waals surface area contributed by atoms with Crippen LogP contribution in [0.1, 0.15) is 11.1 Å². The largest absolute Gasteiger partial charge is 0.383 e. The van der Waals surface area contributed by atoms with E-state index in [9.17, 15) is 14.4 Å². The summed E-state index contributed by atoms with van der Waals surface area (Å²) in [4.78, 5) is 44.2. The van der Waals surface area contributed by atoms with Crippen LogP contribution in [0, 0.1) is 0 Å². The molecule has 3 aromatic rings. The van der Waals surface area contributed by atoms with Crippen LogP contribution in [0.5, 0.6) is 0 Å². The highest BCUT2D eigenvalue weighted by Gasteiger charge is 2.22. The summed E-state index contributed by atoms with van der Waals surface area (Å²) in [6.07, 6.45) is 2.02. The van der Waals surface area contributed by atoms with Gasteiger partial charge in [0.15, 0.2) is 5.69 Å². The second-order valence-electron chi connectivity index (χ2n) is 7.54. The van der Waals surface area contributed by atoms with Crippen molar-refractivity contribution in [3.63, 3.8) is 0 Å². The normalized spacial score (nSPS) is 11.0. The first-order valence-electron chi connectivity index (χ1n) is 10.0. The van der Waals surface area contributed by atoms with E-state index in [4.69, 9.17) is 5.73 Å². The molecular formula is C23H27N5O3S. The molecule has 0 aliphatic heterocycles. The molecule has 0 aliphatic rings. The molecule has 1 heterocycles. The Morgan fingerprint density at radius 3 is 2.31 bits per heavy atom. The van der Waals surface area contributed by atoms with E-state index in [1.54, 1.807) is 11.8 Å². The van der Waals surface area contributed by atoms with E-state index in [1.807, 2.05) is 72.8 Å². The number of anilines is 2. The topological polar surface area (TPSA) is 104 Å². The number of aromatic amines is 1. The number of nitrogens with zero attached hydrogens (tertiary/aromatic N) is 3. The smallest absolute Gasteiger partial charge is 0.330 e. The molecule has 1 aromatic heterocycles. The summed E-state index contributed by atoms with van der Waals surface area (Å²) in [6.45, 7) is 0.842. The lowest BCUT2D eigenvalue weighted by atomic mass is 10.2. The van der Waals surface area contributed by atoms with Crippen LogP contribution in [0.25, 0.3) is 0 Å². The molecule has 1 amide bonds. The highest BCUT2D eigenvalue weighted by Crippen LogP contribution is 2.18. The Balaban J connectivity index is 1.77. The number of amides is 1. The van der Waals surface area contributed by atoms with Gasteiger partial charge < -0.3 is 10.6 Å². The average molecular weight is 454 g/mol. The maximum Gasteiger partial charge on any atom is 0.330 e. The van der Waals surface area contributed by atoms with E-state index in [1.165, 1.54) is 21.4 Å². The van der Waals surface area contributed by atoms with Gasteiger partial charge in [-0.1, -0.05) is 42.5 Å². The minimum Gasteiger partial charge on any atom is -0.383 e. The Morgan fingerprint density at radius 1 is 1.03 bits per heavy atom. The minimum atomic E-state index is -0.692. The van der Waals surface area contributed by atoms with Crippen LogP contribution < -0.4 is 21.9 Å². The maximum atomic E-state index is 12.9. The number of hydrogen-bond acceptors (Lipinski definition) is 6. The first-order valence-corrected chi connectivity index (χ1v) is 11.3. The molecule has 0 aliphatic carbocycles. The molecule has 0 bridgehead atoms. The van der Waals surface area contributed by atoms with Gasteiger partial charge in [0.1, 0.15) is 5.82 Å². The van der Waals surface area contributed by atoms with Gasteiger partial charge in [-0.25, -0.2) is 4.79 Å². The summed E-state index contributed by atoms with van der Waals surface area (Å²) in [5.74, 6) is -0.357. The molecule has 0 spiro atoms. The third-order valence-corrected chi connectivity index (χ3v) is 5.87. The number of aromatic nitrogens is 2. The third-order valence-electron chi connectivity index (χ3n) is 5.12. The molecule has 0 saturated carbocycles. The van der Waals surface area contributed by atoms with Crippen LogP contribution in [-0.2, 0) is 17.9 Å². The number of likely N-dealkylation sites (N-methyl/N-ethyl adjacent to an activating group) is 2. The summed E-state index contributed by atoms with van der Waals surface area (Å²) in [5, 5.41) is 0. The zero-order chi connectivity index (χ0) is 23.3. The zero-order valence-corrected chi connectivity index (χ0v) is 19.2. The second kappa shape index (κ2) is 10.3. The summed E-state index contributed by atoms with van der Waals surface area (Å²) < 4.78 is 1.26. The van der Waals surface area contributed by atoms with E-state index in [0.29, 0.717) is 6.54 Å². The Morgan fingerprint density at radius 2 is 1.69 bits per heavy atom. The van der Waals surface area contributed by atoms with Crippen molar-refractivity contribution in [2.45, 2.75) is 18.0 Å². The van der Waals surface area contributed by atoms with Crippen molar-refractivity contribution in [3.8, 4) is 0 Å². The number of nitrogens with one attached hydrogen (secondary N) is 1. The molecule has 32 heavy (non-hydrogen) atoms. The molecular weight excluding hydrogens is 426 g/mol. The lowest BCUT2D eigenvalue weighted by molar-refractivity contribution is -0.119. The predicted octanol–water partition coefficient (Wildman–Crippen LogP) is 1.98. The first kappa shape index (κ1) is 23.4. The van der Waals surface area contributed by atoms with Crippen LogP contribution in [0.15, 0.2) is 69.1 Å². The van der Waals surface area contributed by atoms with Gasteiger partial charge in [-0.2, -0.15) is 0 Å². The van der Waals surface area contributed by atoms with E-state index >= 15 is 0 Å². The highest BCUT2D eigenvalue weighted by molar-refractivity contribution is 7.98. The maximum absolute atomic E-state index is 12.9. The van der Waals surface area contributed by atoms with Crippen molar-refractivity contribution < 1.29 is 4.79 Å².